The van der Waals surface area contributed by atoms with Gasteiger partial charge in [0.2, 0.25) is 5.13 Å². The zero-order chi connectivity index (χ0) is 28.3. The second kappa shape index (κ2) is 11.0. The molecule has 4 N–H and O–H groups in total. The van der Waals surface area contributed by atoms with Crippen LogP contribution in [0.1, 0.15) is 16.2 Å². The number of pyridine rings is 1. The van der Waals surface area contributed by atoms with Crippen LogP contribution >= 0.6 is 23.1 Å². The highest BCUT2D eigenvalue weighted by Crippen LogP contribution is 2.33. The molecule has 0 bridgehead atoms. The summed E-state index contributed by atoms with van der Waals surface area (Å²) in [6.07, 6.45) is -0.205. The first-order valence-electron chi connectivity index (χ1n) is 10.7. The molecule has 17 heteroatoms. The number of nitrogens with one attached hydrogen (secondary N) is 3. The average molecular weight is 580 g/mol. The Morgan fingerprint density at radius 2 is 1.92 bits per heavy atom. The number of aromatic amines is 1. The van der Waals surface area contributed by atoms with E-state index < -0.39 is 12.1 Å². The predicted octanol–water partition coefficient (Wildman–Crippen LogP) is 4.80. The molecule has 4 heterocycles. The Morgan fingerprint density at radius 3 is 2.59 bits per heavy atom. The van der Waals surface area contributed by atoms with E-state index in [4.69, 9.17) is 21.5 Å². The highest BCUT2D eigenvalue weighted by molar-refractivity contribution is 7.10. The molecule has 0 unspecified atom stereocenters. The molecule has 4 aromatic heterocycles. The number of anilines is 3. The number of carboxylic acid groups (broad SMARTS) is 1. The lowest BCUT2D eigenvalue weighted by atomic mass is 10.2. The molecule has 0 aliphatic rings. The summed E-state index contributed by atoms with van der Waals surface area (Å²) in [5.41, 5.74) is 3.98. The second-order valence-corrected chi connectivity index (χ2v) is 8.95. The smallest absolute Gasteiger partial charge is 0.475 e. The van der Waals surface area contributed by atoms with Gasteiger partial charge in [-0.1, -0.05) is 11.6 Å². The van der Waals surface area contributed by atoms with Crippen LogP contribution < -0.4 is 10.6 Å². The van der Waals surface area contributed by atoms with Gasteiger partial charge < -0.3 is 15.7 Å². The fourth-order valence-electron chi connectivity index (χ4n) is 3.24. The number of carbonyl (C=O) groups excluding carboxylic acids is 1. The summed E-state index contributed by atoms with van der Waals surface area (Å²) in [5.74, 6) is -2.55. The van der Waals surface area contributed by atoms with Gasteiger partial charge in [-0.15, -0.1) is 0 Å². The number of aryl methyl sites for hydroxylation is 2. The molecule has 0 spiro atoms. The molecule has 0 radical (unpaired) electrons. The summed E-state index contributed by atoms with van der Waals surface area (Å²) < 4.78 is 37.7. The second-order valence-electron chi connectivity index (χ2n) is 7.82. The maximum Gasteiger partial charge on any atom is 0.490 e. The van der Waals surface area contributed by atoms with Crippen LogP contribution in [-0.4, -0.2) is 57.5 Å². The van der Waals surface area contributed by atoms with Crippen molar-refractivity contribution in [3.8, 4) is 11.4 Å². The number of halogens is 4. The maximum absolute atomic E-state index is 12.6. The normalized spacial score (nSPS) is 11.1. The van der Waals surface area contributed by atoms with Gasteiger partial charge in [-0.3, -0.25) is 19.6 Å². The first-order chi connectivity index (χ1) is 18.4. The fraction of sp³-hybridized carbons (Fsp3) is 0.136. The molecule has 0 aliphatic heterocycles. The Balaban J connectivity index is 0.000000448. The summed E-state index contributed by atoms with van der Waals surface area (Å²) in [6.45, 7) is 1.83. The van der Waals surface area contributed by atoms with E-state index in [9.17, 15) is 18.0 Å². The third-order valence-corrected chi connectivity index (χ3v) is 6.00. The van der Waals surface area contributed by atoms with E-state index in [1.54, 1.807) is 37.8 Å². The third-order valence-electron chi connectivity index (χ3n) is 4.96. The topological polar surface area (TPSA) is 164 Å². The van der Waals surface area contributed by atoms with Crippen molar-refractivity contribution in [2.75, 3.05) is 10.6 Å². The quantitative estimate of drug-likeness (QED) is 0.229. The van der Waals surface area contributed by atoms with Gasteiger partial charge in [0.25, 0.3) is 5.91 Å². The van der Waals surface area contributed by atoms with E-state index in [0.29, 0.717) is 38.6 Å². The molecule has 5 aromatic rings. The van der Waals surface area contributed by atoms with Crippen molar-refractivity contribution in [2.45, 2.75) is 13.1 Å². The van der Waals surface area contributed by atoms with Crippen molar-refractivity contribution < 1.29 is 27.9 Å². The van der Waals surface area contributed by atoms with E-state index in [-0.39, 0.29) is 5.91 Å². The van der Waals surface area contributed by atoms with Crippen LogP contribution in [0.3, 0.4) is 0 Å². The molecule has 0 aliphatic carbocycles. The molecule has 1 aromatic carbocycles. The molecule has 12 nitrogen and oxygen atoms in total. The van der Waals surface area contributed by atoms with Gasteiger partial charge >= 0.3 is 12.1 Å². The number of hydrogen-bond donors (Lipinski definition) is 4. The van der Waals surface area contributed by atoms with Crippen LogP contribution in [0.5, 0.6) is 0 Å². The van der Waals surface area contributed by atoms with Crippen LogP contribution in [0, 0.1) is 6.92 Å². The largest absolute Gasteiger partial charge is 0.490 e. The van der Waals surface area contributed by atoms with Crippen molar-refractivity contribution in [1.82, 2.24) is 34.3 Å². The fourth-order valence-corrected chi connectivity index (χ4v) is 4.10. The third kappa shape index (κ3) is 6.47. The lowest BCUT2D eigenvalue weighted by Gasteiger charge is -2.06. The number of H-pyrrole nitrogens is 1. The van der Waals surface area contributed by atoms with Crippen LogP contribution in [0.2, 0.25) is 5.02 Å². The van der Waals surface area contributed by atoms with Crippen molar-refractivity contribution in [2.24, 2.45) is 7.05 Å². The Kier molecular flexibility index (Phi) is 7.78. The number of rotatable bonds is 5. The molecule has 202 valence electrons. The van der Waals surface area contributed by atoms with Crippen LogP contribution in [0.15, 0.2) is 42.9 Å². The van der Waals surface area contributed by atoms with Crippen molar-refractivity contribution >= 4 is 62.4 Å². The number of carboxylic acids is 1. The summed E-state index contributed by atoms with van der Waals surface area (Å²) in [6, 6.07) is 7.23. The molecular weight excluding hydrogens is 563 g/mol. The molecule has 0 saturated carbocycles. The van der Waals surface area contributed by atoms with Gasteiger partial charge in [-0.25, -0.2) is 4.79 Å². The summed E-state index contributed by atoms with van der Waals surface area (Å²) in [4.78, 5) is 30.2. The predicted molar refractivity (Wildman–Crippen MR) is 137 cm³/mol. The Labute approximate surface area is 226 Å². The molecule has 0 fully saturated rings. The van der Waals surface area contributed by atoms with Gasteiger partial charge in [-0.05, 0) is 31.2 Å². The highest BCUT2D eigenvalue weighted by atomic mass is 35.5. The molecule has 0 atom stereocenters. The Morgan fingerprint density at radius 1 is 1.18 bits per heavy atom. The number of nitrogens with zero attached hydrogens (tertiary/aromatic N) is 6. The average Bonchev–Trinajstić information content (AvgIpc) is 3.61. The SMILES string of the molecule is Cc1cc(C(=O)Nc2cncc(-c3nsc(Nc4ccc5[nH]ncc5c4Cl)n3)c2)n(C)n1.O=C(O)C(F)(F)F. The Bertz CT molecular complexity index is 1670. The summed E-state index contributed by atoms with van der Waals surface area (Å²) in [5, 5.41) is 26.2. The lowest BCUT2D eigenvalue weighted by Crippen LogP contribution is -2.21. The summed E-state index contributed by atoms with van der Waals surface area (Å²) in [7, 11) is 1.72. The molecule has 1 amide bonds. The number of aliphatic carboxylic acids is 1. The van der Waals surface area contributed by atoms with Gasteiger partial charge in [0, 0.05) is 35.7 Å². The Hall–Kier alpha value is -4.57. The molecule has 39 heavy (non-hydrogen) atoms. The van der Waals surface area contributed by atoms with Crippen molar-refractivity contribution in [3.05, 3.63) is 59.3 Å². The minimum absolute atomic E-state index is 0.273. The number of fused-ring (bicyclic) bond motifs is 1. The first kappa shape index (κ1) is 27.5. The van der Waals surface area contributed by atoms with E-state index >= 15 is 0 Å². The lowest BCUT2D eigenvalue weighted by molar-refractivity contribution is -0.192. The maximum atomic E-state index is 12.6. The minimum atomic E-state index is -5.08. The van der Waals surface area contributed by atoms with Crippen molar-refractivity contribution in [3.63, 3.8) is 0 Å². The van der Waals surface area contributed by atoms with Gasteiger partial charge in [-0.2, -0.15) is 32.7 Å². The zero-order valence-corrected chi connectivity index (χ0v) is 21.5. The monoisotopic (exact) mass is 579 g/mol. The molecule has 5 rings (SSSR count). The first-order valence-corrected chi connectivity index (χ1v) is 11.9. The number of alkyl halides is 3. The van der Waals surface area contributed by atoms with Crippen LogP contribution in [0.4, 0.5) is 29.7 Å². The van der Waals surface area contributed by atoms with Crippen molar-refractivity contribution in [1.29, 1.82) is 0 Å². The standard InChI is InChI=1S/C20H16ClN9OS.C2HF3O2/c1-10-5-16(30(2)28-10)19(31)24-12-6-11(7-22-8-12)18-26-20(32-29-18)25-15-4-3-14-13(17(15)21)9-23-27-14;3-2(4,5)1(6)7/h3-9H,1-2H3,(H,23,27)(H,24,31)(H,25,26,29);(H,6,7). The van der Waals surface area contributed by atoms with E-state index in [1.807, 2.05) is 19.1 Å². The van der Waals surface area contributed by atoms with Gasteiger partial charge in [0.05, 0.1) is 40.0 Å². The van der Waals surface area contributed by atoms with E-state index in [0.717, 1.165) is 16.6 Å². The highest BCUT2D eigenvalue weighted by Gasteiger charge is 2.38. The van der Waals surface area contributed by atoms with Crippen LogP contribution in [-0.2, 0) is 11.8 Å². The van der Waals surface area contributed by atoms with Gasteiger partial charge in [0.15, 0.2) is 5.82 Å². The number of carbonyl (C=O) groups is 2. The van der Waals surface area contributed by atoms with Crippen LogP contribution in [0.25, 0.3) is 22.3 Å². The zero-order valence-electron chi connectivity index (χ0n) is 19.9. The van der Waals surface area contributed by atoms with Gasteiger partial charge in [0.1, 0.15) is 5.69 Å². The van der Waals surface area contributed by atoms with E-state index in [1.165, 1.54) is 16.2 Å². The van der Waals surface area contributed by atoms with E-state index in [2.05, 4.69) is 40.3 Å². The molecule has 0 saturated heterocycles. The number of aromatic nitrogens is 7. The minimum Gasteiger partial charge on any atom is -0.475 e. The number of benzene rings is 1. The summed E-state index contributed by atoms with van der Waals surface area (Å²) >= 11 is 7.66. The number of hydrogen-bond acceptors (Lipinski definition) is 9. The molecular formula is C22H17ClF3N9O3S. The number of amides is 1.